The highest BCUT2D eigenvalue weighted by atomic mass is 32.2. The summed E-state index contributed by atoms with van der Waals surface area (Å²) in [5.74, 6) is 0.825. The number of rotatable bonds is 9. The molecule has 0 spiro atoms. The summed E-state index contributed by atoms with van der Waals surface area (Å²) in [6.45, 7) is 3.76. The van der Waals surface area contributed by atoms with E-state index in [9.17, 15) is 4.79 Å². The smallest absolute Gasteiger partial charge is 0.186 e. The number of ether oxygens (including phenoxy) is 1. The molecule has 1 saturated heterocycles. The van der Waals surface area contributed by atoms with Crippen LogP contribution in [0.3, 0.4) is 0 Å². The molecule has 0 radical (unpaired) electrons. The van der Waals surface area contributed by atoms with Crippen LogP contribution in [0.5, 0.6) is 5.75 Å². The zero-order valence-corrected chi connectivity index (χ0v) is 25.9. The number of benzene rings is 4. The first kappa shape index (κ1) is 29.6. The Balaban J connectivity index is 1.40. The van der Waals surface area contributed by atoms with Crippen molar-refractivity contribution < 1.29 is 9.53 Å². The van der Waals surface area contributed by atoms with Gasteiger partial charge >= 0.3 is 0 Å². The molecule has 1 atom stereocenters. The van der Waals surface area contributed by atoms with E-state index >= 15 is 0 Å². The second-order valence-corrected chi connectivity index (χ2v) is 12.4. The fourth-order valence-corrected chi connectivity index (χ4v) is 7.19. The van der Waals surface area contributed by atoms with E-state index in [-0.39, 0.29) is 10.4 Å². The molecule has 6 rings (SSSR count). The lowest BCUT2D eigenvalue weighted by molar-refractivity contribution is -0.109. The Morgan fingerprint density at radius 3 is 1.98 bits per heavy atom. The van der Waals surface area contributed by atoms with Crippen LogP contribution < -0.4 is 4.74 Å². The summed E-state index contributed by atoms with van der Waals surface area (Å²) in [4.78, 5) is 15.0. The van der Waals surface area contributed by atoms with Crippen LogP contribution in [0.4, 0.5) is 0 Å². The van der Waals surface area contributed by atoms with Gasteiger partial charge in [0.15, 0.2) is 5.12 Å². The molecule has 6 nitrogen and oxygen atoms in total. The van der Waals surface area contributed by atoms with Gasteiger partial charge in [0, 0.05) is 25.3 Å². The highest BCUT2D eigenvalue weighted by Crippen LogP contribution is 2.45. The highest BCUT2D eigenvalue weighted by Gasteiger charge is 2.44. The minimum atomic E-state index is -0.527. The van der Waals surface area contributed by atoms with Crippen LogP contribution in [0, 0.1) is 0 Å². The summed E-state index contributed by atoms with van der Waals surface area (Å²) in [5.41, 5.74) is 6.16. The molecule has 0 saturated carbocycles. The van der Waals surface area contributed by atoms with E-state index in [1.54, 1.807) is 14.0 Å². The molecule has 0 amide bonds. The summed E-state index contributed by atoms with van der Waals surface area (Å²) >= 11 is 1.42. The summed E-state index contributed by atoms with van der Waals surface area (Å²) < 4.78 is 7.14. The second kappa shape index (κ2) is 13.5. The minimum absolute atomic E-state index is 0.0653. The van der Waals surface area contributed by atoms with E-state index in [0.29, 0.717) is 13.1 Å². The third-order valence-corrected chi connectivity index (χ3v) is 9.35. The fourth-order valence-electron chi connectivity index (χ4n) is 6.27. The van der Waals surface area contributed by atoms with Crippen molar-refractivity contribution in [3.63, 3.8) is 0 Å². The largest absolute Gasteiger partial charge is 0.497 e. The first-order chi connectivity index (χ1) is 21.6. The highest BCUT2D eigenvalue weighted by molar-refractivity contribution is 8.14. The maximum atomic E-state index is 12.4. The number of carbonyl (C=O) groups excluding carboxylic acids is 1. The molecule has 44 heavy (non-hydrogen) atoms. The van der Waals surface area contributed by atoms with E-state index in [2.05, 4.69) is 112 Å². The first-order valence-corrected chi connectivity index (χ1v) is 15.8. The van der Waals surface area contributed by atoms with Crippen LogP contribution in [0.25, 0.3) is 6.08 Å². The Hall–Kier alpha value is -4.46. The lowest BCUT2D eigenvalue weighted by atomic mass is 9.74. The predicted octanol–water partition coefficient (Wildman–Crippen LogP) is 7.06. The maximum Gasteiger partial charge on any atom is 0.186 e. The molecule has 5 aromatic rings. The topological polar surface area (TPSA) is 60.2 Å². The molecular weight excluding hydrogens is 565 g/mol. The molecule has 0 aliphatic carbocycles. The molecular formula is C37H36N4O2S. The van der Waals surface area contributed by atoms with Crippen molar-refractivity contribution in [2.75, 3.05) is 20.2 Å². The Kier molecular flexibility index (Phi) is 9.05. The van der Waals surface area contributed by atoms with Crippen molar-refractivity contribution in [1.29, 1.82) is 0 Å². The predicted molar refractivity (Wildman–Crippen MR) is 178 cm³/mol. The quantitative estimate of drug-likeness (QED) is 0.169. The van der Waals surface area contributed by atoms with Crippen molar-refractivity contribution in [3.05, 3.63) is 155 Å². The van der Waals surface area contributed by atoms with Crippen LogP contribution >= 0.6 is 11.8 Å². The summed E-state index contributed by atoms with van der Waals surface area (Å²) in [6.07, 6.45) is 4.95. The monoisotopic (exact) mass is 600 g/mol. The zero-order chi connectivity index (χ0) is 30.4. The summed E-state index contributed by atoms with van der Waals surface area (Å²) in [5, 5.41) is 9.12. The molecule has 7 heteroatoms. The Morgan fingerprint density at radius 2 is 1.45 bits per heavy atom. The fraction of sp³-hybridized carbons (Fsp3) is 0.216. The number of hydrogen-bond donors (Lipinski definition) is 0. The maximum absolute atomic E-state index is 12.4. The molecule has 0 bridgehead atoms. The standard InChI is InChI=1S/C37H36N4O2S/c1-28(42)44-36-22-23-40(26-30(36)24-34-27-41(39-38-34)25-29-18-20-35(43-2)21-19-29)37(31-12-6-3-7-13-31,32-14-8-4-9-15-32)33-16-10-5-11-17-33/h3-21,24,27,36H,22-23,25-26H2,1-2H3/b30-24-. The van der Waals surface area contributed by atoms with Gasteiger partial charge in [0.1, 0.15) is 11.4 Å². The normalized spacial score (nSPS) is 16.6. The molecule has 1 unspecified atom stereocenters. The Bertz CT molecular complexity index is 1610. The molecule has 1 fully saturated rings. The van der Waals surface area contributed by atoms with Crippen molar-refractivity contribution in [1.82, 2.24) is 19.9 Å². The third kappa shape index (κ3) is 6.25. The SMILES string of the molecule is COc1ccc(Cn2cc(/C=C3/CN(C(c4ccccc4)(c4ccccc4)c4ccccc4)CCC3SC(C)=O)nn2)cc1. The lowest BCUT2D eigenvalue weighted by Crippen LogP contribution is -2.52. The number of aromatic nitrogens is 3. The second-order valence-electron chi connectivity index (χ2n) is 11.0. The number of methoxy groups -OCH3 is 1. The number of nitrogens with zero attached hydrogens (tertiary/aromatic N) is 4. The van der Waals surface area contributed by atoms with Crippen LogP contribution in [0.15, 0.2) is 127 Å². The lowest BCUT2D eigenvalue weighted by Gasteiger charge is -2.49. The van der Waals surface area contributed by atoms with Crippen LogP contribution in [-0.2, 0) is 16.9 Å². The number of hydrogen-bond acceptors (Lipinski definition) is 6. The van der Waals surface area contributed by atoms with Crippen molar-refractivity contribution in [2.24, 2.45) is 0 Å². The summed E-state index contributed by atoms with van der Waals surface area (Å²) in [6, 6.07) is 40.2. The minimum Gasteiger partial charge on any atom is -0.497 e. The van der Waals surface area contributed by atoms with Crippen LogP contribution in [-0.4, -0.2) is 50.5 Å². The zero-order valence-electron chi connectivity index (χ0n) is 25.0. The molecule has 222 valence electrons. The van der Waals surface area contributed by atoms with Gasteiger partial charge in [-0.05, 0) is 52.5 Å². The van der Waals surface area contributed by atoms with Gasteiger partial charge in [0.05, 0.1) is 25.4 Å². The van der Waals surface area contributed by atoms with Gasteiger partial charge in [-0.3, -0.25) is 9.69 Å². The van der Waals surface area contributed by atoms with Gasteiger partial charge in [-0.1, -0.05) is 120 Å². The number of likely N-dealkylation sites (tertiary alicyclic amines) is 1. The Labute approximate surface area is 263 Å². The number of carbonyl (C=O) groups is 1. The van der Waals surface area contributed by atoms with E-state index < -0.39 is 5.54 Å². The number of piperidine rings is 1. The first-order valence-electron chi connectivity index (χ1n) is 14.9. The van der Waals surface area contributed by atoms with Gasteiger partial charge in [0.2, 0.25) is 0 Å². The molecule has 1 aliphatic heterocycles. The number of thioether (sulfide) groups is 1. The van der Waals surface area contributed by atoms with Crippen molar-refractivity contribution in [3.8, 4) is 5.75 Å². The average Bonchev–Trinajstić information content (AvgIpc) is 3.50. The van der Waals surface area contributed by atoms with Gasteiger partial charge < -0.3 is 4.74 Å². The van der Waals surface area contributed by atoms with E-state index in [4.69, 9.17) is 4.74 Å². The van der Waals surface area contributed by atoms with Gasteiger partial charge in [-0.2, -0.15) is 0 Å². The van der Waals surface area contributed by atoms with Crippen LogP contribution in [0.2, 0.25) is 0 Å². The van der Waals surface area contributed by atoms with Crippen LogP contribution in [0.1, 0.15) is 41.3 Å². The molecule has 4 aromatic carbocycles. The summed E-state index contributed by atoms with van der Waals surface area (Å²) in [7, 11) is 1.67. The third-order valence-electron chi connectivity index (χ3n) is 8.20. The van der Waals surface area contributed by atoms with Gasteiger partial charge in [0.25, 0.3) is 0 Å². The van der Waals surface area contributed by atoms with Crippen molar-refractivity contribution in [2.45, 2.75) is 30.7 Å². The van der Waals surface area contributed by atoms with E-state index in [0.717, 1.165) is 30.0 Å². The Morgan fingerprint density at radius 1 is 0.886 bits per heavy atom. The molecule has 1 aliphatic rings. The molecule has 0 N–H and O–H groups in total. The van der Waals surface area contributed by atoms with E-state index in [1.165, 1.54) is 34.0 Å². The van der Waals surface area contributed by atoms with E-state index in [1.807, 2.05) is 35.1 Å². The van der Waals surface area contributed by atoms with Gasteiger partial charge in [-0.25, -0.2) is 4.68 Å². The average molecular weight is 601 g/mol. The molecule has 2 heterocycles. The van der Waals surface area contributed by atoms with Gasteiger partial charge in [-0.15, -0.1) is 5.10 Å². The van der Waals surface area contributed by atoms with Crippen molar-refractivity contribution >= 4 is 23.0 Å². The molecule has 1 aromatic heterocycles.